The van der Waals surface area contributed by atoms with Gasteiger partial charge in [0, 0.05) is 50.5 Å². The normalized spacial score (nSPS) is 11.8. The van der Waals surface area contributed by atoms with Crippen molar-refractivity contribution in [3.63, 3.8) is 0 Å². The molecule has 7 aromatic rings. The predicted molar refractivity (Wildman–Crippen MR) is 154 cm³/mol. The maximum Gasteiger partial charge on any atom is 0.162 e. The van der Waals surface area contributed by atoms with Crippen LogP contribution in [0.5, 0.6) is 34.5 Å². The summed E-state index contributed by atoms with van der Waals surface area (Å²) in [5.74, 6) is 3.93. The lowest BCUT2D eigenvalue weighted by molar-refractivity contribution is 0.356. The van der Waals surface area contributed by atoms with Gasteiger partial charge in [0.25, 0.3) is 0 Å². The summed E-state index contributed by atoms with van der Waals surface area (Å²) < 4.78 is 33.9. The average Bonchev–Trinajstić information content (AvgIpc) is 3.64. The summed E-state index contributed by atoms with van der Waals surface area (Å²) in [5, 5.41) is 6.18. The summed E-state index contributed by atoms with van der Waals surface area (Å²) in [5.41, 5.74) is 5.70. The largest absolute Gasteiger partial charge is 0.493 e. The van der Waals surface area contributed by atoms with E-state index >= 15 is 0 Å². The molecule has 198 valence electrons. The zero-order valence-corrected chi connectivity index (χ0v) is 22.4. The zero-order valence-electron chi connectivity index (χ0n) is 22.4. The Bertz CT molecular complexity index is 2100. The third-order valence-corrected chi connectivity index (χ3v) is 7.66. The minimum absolute atomic E-state index is 0.653. The number of hydrogen-bond donors (Lipinski definition) is 3. The quantitative estimate of drug-likeness (QED) is 0.225. The molecule has 3 heterocycles. The number of H-pyrrole nitrogens is 3. The summed E-state index contributed by atoms with van der Waals surface area (Å²) in [7, 11) is 9.86. The molecular formula is C30H27N3O6. The highest BCUT2D eigenvalue weighted by Gasteiger charge is 2.24. The molecule has 9 nitrogen and oxygen atoms in total. The minimum atomic E-state index is 0.653. The van der Waals surface area contributed by atoms with Gasteiger partial charge in [-0.2, -0.15) is 0 Å². The Labute approximate surface area is 222 Å². The average molecular weight is 526 g/mol. The number of nitrogens with one attached hydrogen (secondary N) is 3. The first-order valence-electron chi connectivity index (χ1n) is 12.4. The fraction of sp³-hybridized carbons (Fsp3) is 0.200. The van der Waals surface area contributed by atoms with Gasteiger partial charge in [-0.1, -0.05) is 0 Å². The molecule has 0 atom stereocenters. The Hall–Kier alpha value is -4.92. The molecule has 0 amide bonds. The van der Waals surface area contributed by atoms with E-state index in [1.807, 2.05) is 36.4 Å². The highest BCUT2D eigenvalue weighted by atomic mass is 16.5. The maximum atomic E-state index is 5.69. The third kappa shape index (κ3) is 3.01. The summed E-state index contributed by atoms with van der Waals surface area (Å²) in [6.07, 6.45) is 0. The smallest absolute Gasteiger partial charge is 0.162 e. The van der Waals surface area contributed by atoms with Crippen LogP contribution in [0.1, 0.15) is 0 Å². The molecule has 0 unspecified atom stereocenters. The van der Waals surface area contributed by atoms with Crippen molar-refractivity contribution in [1.29, 1.82) is 0 Å². The van der Waals surface area contributed by atoms with E-state index in [1.54, 1.807) is 42.7 Å². The van der Waals surface area contributed by atoms with E-state index in [-0.39, 0.29) is 0 Å². The molecule has 0 bridgehead atoms. The molecule has 0 aliphatic rings. The summed E-state index contributed by atoms with van der Waals surface area (Å²) in [4.78, 5) is 11.0. The molecule has 7 rings (SSSR count). The first kappa shape index (κ1) is 23.2. The van der Waals surface area contributed by atoms with E-state index in [0.29, 0.717) is 34.5 Å². The molecule has 3 N–H and O–H groups in total. The van der Waals surface area contributed by atoms with Crippen LogP contribution in [-0.4, -0.2) is 57.6 Å². The number of methoxy groups -OCH3 is 6. The SMILES string of the molecule is COc1cc2[nH]c3c4[nH]c5cc(OC)c(OC)cc5c4c4c5cc(OC)c(OC)cc5[nH]c4c3c2cc1OC. The fourth-order valence-corrected chi connectivity index (χ4v) is 5.90. The van der Waals surface area contributed by atoms with E-state index < -0.39 is 0 Å². The highest BCUT2D eigenvalue weighted by molar-refractivity contribution is 6.39. The Balaban J connectivity index is 1.78. The van der Waals surface area contributed by atoms with Gasteiger partial charge in [0.2, 0.25) is 0 Å². The molecule has 39 heavy (non-hydrogen) atoms. The molecule has 0 radical (unpaired) electrons. The van der Waals surface area contributed by atoms with Gasteiger partial charge in [-0.05, 0) is 18.2 Å². The van der Waals surface area contributed by atoms with Crippen LogP contribution in [0.15, 0.2) is 36.4 Å². The first-order valence-corrected chi connectivity index (χ1v) is 12.4. The van der Waals surface area contributed by atoms with Crippen LogP contribution in [0.4, 0.5) is 0 Å². The minimum Gasteiger partial charge on any atom is -0.493 e. The Morgan fingerprint density at radius 2 is 0.641 bits per heavy atom. The van der Waals surface area contributed by atoms with Gasteiger partial charge < -0.3 is 43.4 Å². The number of fused-ring (bicyclic) bond motifs is 12. The van der Waals surface area contributed by atoms with Crippen molar-refractivity contribution in [2.45, 2.75) is 0 Å². The van der Waals surface area contributed by atoms with Crippen molar-refractivity contribution in [1.82, 2.24) is 15.0 Å². The molecular weight excluding hydrogens is 498 g/mol. The third-order valence-electron chi connectivity index (χ3n) is 7.66. The molecule has 4 aromatic carbocycles. The van der Waals surface area contributed by atoms with E-state index in [1.165, 1.54) is 0 Å². The first-order chi connectivity index (χ1) is 19.0. The van der Waals surface area contributed by atoms with Gasteiger partial charge >= 0.3 is 0 Å². The van der Waals surface area contributed by atoms with Crippen LogP contribution in [0.2, 0.25) is 0 Å². The van der Waals surface area contributed by atoms with Crippen molar-refractivity contribution in [2.24, 2.45) is 0 Å². The summed E-state index contributed by atoms with van der Waals surface area (Å²) in [6.45, 7) is 0. The lowest BCUT2D eigenvalue weighted by Crippen LogP contribution is -1.90. The fourth-order valence-electron chi connectivity index (χ4n) is 5.90. The number of benzene rings is 4. The molecule has 9 heteroatoms. The molecule has 0 saturated heterocycles. The Kier molecular flexibility index (Phi) is 4.94. The molecule has 0 fully saturated rings. The van der Waals surface area contributed by atoms with Crippen molar-refractivity contribution < 1.29 is 28.4 Å². The van der Waals surface area contributed by atoms with Crippen molar-refractivity contribution >= 4 is 65.4 Å². The van der Waals surface area contributed by atoms with Gasteiger partial charge in [-0.3, -0.25) is 0 Å². The Morgan fingerprint density at radius 3 is 1.03 bits per heavy atom. The summed E-state index contributed by atoms with van der Waals surface area (Å²) in [6, 6.07) is 12.0. The number of hydrogen-bond acceptors (Lipinski definition) is 6. The second kappa shape index (κ2) is 8.29. The van der Waals surface area contributed by atoms with E-state index in [9.17, 15) is 0 Å². The van der Waals surface area contributed by atoms with Crippen LogP contribution in [0.25, 0.3) is 65.4 Å². The van der Waals surface area contributed by atoms with Gasteiger partial charge in [-0.25, -0.2) is 0 Å². The van der Waals surface area contributed by atoms with Gasteiger partial charge in [0.15, 0.2) is 34.5 Å². The molecule has 0 aliphatic carbocycles. The van der Waals surface area contributed by atoms with Crippen LogP contribution in [0, 0.1) is 0 Å². The Morgan fingerprint density at radius 1 is 0.359 bits per heavy atom. The van der Waals surface area contributed by atoms with Crippen LogP contribution in [0.3, 0.4) is 0 Å². The van der Waals surface area contributed by atoms with Gasteiger partial charge in [0.1, 0.15) is 0 Å². The maximum absolute atomic E-state index is 5.69. The van der Waals surface area contributed by atoms with Crippen LogP contribution < -0.4 is 28.4 Å². The number of rotatable bonds is 6. The van der Waals surface area contributed by atoms with E-state index in [2.05, 4.69) is 15.0 Å². The van der Waals surface area contributed by atoms with Gasteiger partial charge in [0.05, 0.1) is 75.8 Å². The second-order valence-electron chi connectivity index (χ2n) is 9.38. The molecule has 3 aromatic heterocycles. The van der Waals surface area contributed by atoms with E-state index in [4.69, 9.17) is 28.4 Å². The summed E-state index contributed by atoms with van der Waals surface area (Å²) >= 11 is 0. The second-order valence-corrected chi connectivity index (χ2v) is 9.38. The lowest BCUT2D eigenvalue weighted by Gasteiger charge is -2.08. The zero-order chi connectivity index (χ0) is 27.0. The molecule has 0 spiro atoms. The van der Waals surface area contributed by atoms with Crippen molar-refractivity contribution in [3.05, 3.63) is 36.4 Å². The topological polar surface area (TPSA) is 103 Å². The van der Waals surface area contributed by atoms with Gasteiger partial charge in [-0.15, -0.1) is 0 Å². The van der Waals surface area contributed by atoms with Crippen LogP contribution >= 0.6 is 0 Å². The monoisotopic (exact) mass is 525 g/mol. The van der Waals surface area contributed by atoms with Crippen molar-refractivity contribution in [2.75, 3.05) is 42.7 Å². The highest BCUT2D eigenvalue weighted by Crippen LogP contribution is 2.48. The molecule has 0 saturated carbocycles. The number of aromatic nitrogens is 3. The molecule has 0 aliphatic heterocycles. The van der Waals surface area contributed by atoms with Crippen molar-refractivity contribution in [3.8, 4) is 34.5 Å². The van der Waals surface area contributed by atoms with E-state index in [0.717, 1.165) is 65.4 Å². The van der Waals surface area contributed by atoms with Crippen LogP contribution in [-0.2, 0) is 0 Å². The lowest BCUT2D eigenvalue weighted by atomic mass is 10.0. The number of aromatic amines is 3. The predicted octanol–water partition coefficient (Wildman–Crippen LogP) is 6.64. The number of ether oxygens (including phenoxy) is 6. The standard InChI is InChI=1S/C30H27N3O6/c1-34-19-7-13-16(10-22(19)37-4)31-28-25(13)26-14-8-20(35-2)23(38-5)11-17(14)32-29(26)30-27(28)15-9-21(36-3)24(39-6)12-18(15)33-30/h7-12,31-33H,1-6H3.